The lowest BCUT2D eigenvalue weighted by Crippen LogP contribution is -2.17. The van der Waals surface area contributed by atoms with Crippen LogP contribution in [0, 0.1) is 0 Å². The van der Waals surface area contributed by atoms with Gasteiger partial charge in [-0.05, 0) is 12.1 Å². The van der Waals surface area contributed by atoms with Crippen LogP contribution in [0.15, 0.2) is 12.1 Å². The zero-order chi connectivity index (χ0) is 13.4. The summed E-state index contributed by atoms with van der Waals surface area (Å²) in [5, 5.41) is 0. The Bertz CT molecular complexity index is 413. The minimum Gasteiger partial charge on any atom is -0.399 e. The van der Waals surface area contributed by atoms with E-state index in [1.54, 1.807) is 0 Å². The maximum absolute atomic E-state index is 12.4. The van der Waals surface area contributed by atoms with Gasteiger partial charge in [0.05, 0.1) is 11.1 Å². The highest BCUT2D eigenvalue weighted by Crippen LogP contribution is 2.39. The van der Waals surface area contributed by atoms with Gasteiger partial charge in [0.1, 0.15) is 0 Å². The van der Waals surface area contributed by atoms with E-state index in [0.29, 0.717) is 12.1 Å². The number of anilines is 1. The van der Waals surface area contributed by atoms with Gasteiger partial charge in [-0.2, -0.15) is 26.3 Å². The Kier molecular flexibility index (Phi) is 3.09. The monoisotopic (exact) mass is 257 g/mol. The average Bonchev–Trinajstić information content (AvgIpc) is 2.13. The molecule has 0 unspecified atom stereocenters. The van der Waals surface area contributed by atoms with Crippen LogP contribution in [0.3, 0.4) is 0 Å². The standard InChI is InChI=1S/C9H5F6NO/c10-8(11,12)6-1-4(16)2-7(5(6)3-17)9(13,14)15/h1-3H,16H2. The number of carbonyl (C=O) groups is 1. The molecule has 0 spiro atoms. The minimum absolute atomic E-state index is 0.291. The van der Waals surface area contributed by atoms with Gasteiger partial charge in [0, 0.05) is 11.3 Å². The number of alkyl halides is 6. The Balaban J connectivity index is 3.64. The van der Waals surface area contributed by atoms with Crippen molar-refractivity contribution in [3.05, 3.63) is 28.8 Å². The van der Waals surface area contributed by atoms with Gasteiger partial charge in [0.2, 0.25) is 0 Å². The fraction of sp³-hybridized carbons (Fsp3) is 0.222. The van der Waals surface area contributed by atoms with E-state index in [4.69, 9.17) is 5.73 Å². The van der Waals surface area contributed by atoms with E-state index in [1.807, 2.05) is 0 Å². The van der Waals surface area contributed by atoms with Crippen LogP contribution >= 0.6 is 0 Å². The van der Waals surface area contributed by atoms with E-state index in [1.165, 1.54) is 0 Å². The highest BCUT2D eigenvalue weighted by Gasteiger charge is 2.41. The van der Waals surface area contributed by atoms with Crippen molar-refractivity contribution in [2.24, 2.45) is 0 Å². The van der Waals surface area contributed by atoms with Crippen LogP contribution in [-0.4, -0.2) is 6.29 Å². The maximum Gasteiger partial charge on any atom is 0.417 e. The van der Waals surface area contributed by atoms with Crippen LogP contribution in [-0.2, 0) is 12.4 Å². The zero-order valence-corrected chi connectivity index (χ0v) is 7.99. The molecule has 0 saturated heterocycles. The number of hydrogen-bond donors (Lipinski definition) is 1. The summed E-state index contributed by atoms with van der Waals surface area (Å²) in [6, 6.07) is 0.581. The number of hydrogen-bond acceptors (Lipinski definition) is 2. The van der Waals surface area contributed by atoms with Crippen LogP contribution in [0.1, 0.15) is 21.5 Å². The van der Waals surface area contributed by atoms with Crippen molar-refractivity contribution in [2.45, 2.75) is 12.4 Å². The van der Waals surface area contributed by atoms with Gasteiger partial charge in [0.15, 0.2) is 6.29 Å². The predicted molar refractivity (Wildman–Crippen MR) is 46.2 cm³/mol. The van der Waals surface area contributed by atoms with E-state index < -0.39 is 41.0 Å². The summed E-state index contributed by atoms with van der Waals surface area (Å²) in [4.78, 5) is 10.4. The summed E-state index contributed by atoms with van der Waals surface area (Å²) in [5.41, 5.74) is -0.601. The van der Waals surface area contributed by atoms with Crippen molar-refractivity contribution in [1.29, 1.82) is 0 Å². The number of rotatable bonds is 1. The topological polar surface area (TPSA) is 43.1 Å². The molecule has 0 amide bonds. The third-order valence-corrected chi connectivity index (χ3v) is 1.93. The summed E-state index contributed by atoms with van der Waals surface area (Å²) in [6.45, 7) is 0. The number of nitrogen functional groups attached to an aromatic ring is 1. The molecule has 1 rings (SSSR count). The molecule has 0 saturated carbocycles. The van der Waals surface area contributed by atoms with E-state index in [0.717, 1.165) is 0 Å². The summed E-state index contributed by atoms with van der Waals surface area (Å²) in [7, 11) is 0. The number of carbonyl (C=O) groups excluding carboxylic acids is 1. The van der Waals surface area contributed by atoms with Crippen molar-refractivity contribution in [3.8, 4) is 0 Å². The Hall–Kier alpha value is -1.73. The Labute approximate surface area is 91.0 Å². The molecule has 1 aromatic carbocycles. The Morgan fingerprint density at radius 2 is 1.29 bits per heavy atom. The molecule has 1 aromatic rings. The third-order valence-electron chi connectivity index (χ3n) is 1.93. The number of nitrogens with two attached hydrogens (primary N) is 1. The van der Waals surface area contributed by atoms with E-state index in [9.17, 15) is 31.1 Å². The molecular formula is C9H5F6NO. The van der Waals surface area contributed by atoms with Gasteiger partial charge >= 0.3 is 12.4 Å². The fourth-order valence-electron chi connectivity index (χ4n) is 1.27. The second kappa shape index (κ2) is 3.94. The molecule has 0 aliphatic heterocycles. The minimum atomic E-state index is -5.08. The van der Waals surface area contributed by atoms with Gasteiger partial charge in [-0.25, -0.2) is 0 Å². The lowest BCUT2D eigenvalue weighted by atomic mass is 10.00. The van der Waals surface area contributed by atoms with E-state index in [-0.39, 0.29) is 0 Å². The first-order valence-electron chi connectivity index (χ1n) is 4.10. The zero-order valence-electron chi connectivity index (χ0n) is 7.99. The maximum atomic E-state index is 12.4. The molecule has 0 atom stereocenters. The van der Waals surface area contributed by atoms with Gasteiger partial charge in [-0.15, -0.1) is 0 Å². The predicted octanol–water partition coefficient (Wildman–Crippen LogP) is 3.12. The number of aldehydes is 1. The molecular weight excluding hydrogens is 252 g/mol. The first-order chi connectivity index (χ1) is 7.57. The molecule has 0 radical (unpaired) electrons. The summed E-state index contributed by atoms with van der Waals surface area (Å²) >= 11 is 0. The Morgan fingerprint density at radius 3 is 1.53 bits per heavy atom. The van der Waals surface area contributed by atoms with Gasteiger partial charge in [-0.3, -0.25) is 4.79 Å². The van der Waals surface area contributed by atoms with Crippen molar-refractivity contribution in [3.63, 3.8) is 0 Å². The lowest BCUT2D eigenvalue weighted by Gasteiger charge is -2.16. The highest BCUT2D eigenvalue weighted by molar-refractivity contribution is 5.82. The van der Waals surface area contributed by atoms with Crippen LogP contribution in [0.25, 0.3) is 0 Å². The molecule has 0 heterocycles. The highest BCUT2D eigenvalue weighted by atomic mass is 19.4. The first-order valence-corrected chi connectivity index (χ1v) is 4.10. The summed E-state index contributed by atoms with van der Waals surface area (Å²) in [5.74, 6) is 0. The van der Waals surface area contributed by atoms with Gasteiger partial charge in [0.25, 0.3) is 0 Å². The quantitative estimate of drug-likeness (QED) is 0.477. The van der Waals surface area contributed by atoms with Crippen molar-refractivity contribution < 1.29 is 31.1 Å². The molecule has 0 aliphatic carbocycles. The molecule has 17 heavy (non-hydrogen) atoms. The molecule has 94 valence electrons. The second-order valence-corrected chi connectivity index (χ2v) is 3.14. The molecule has 0 bridgehead atoms. The van der Waals surface area contributed by atoms with Crippen molar-refractivity contribution >= 4 is 12.0 Å². The summed E-state index contributed by atoms with van der Waals surface area (Å²) in [6.07, 6.45) is -10.6. The van der Waals surface area contributed by atoms with Crippen molar-refractivity contribution in [2.75, 3.05) is 5.73 Å². The largest absolute Gasteiger partial charge is 0.417 e. The third kappa shape index (κ3) is 2.69. The SMILES string of the molecule is Nc1cc(C(F)(F)F)c(C=O)c(C(F)(F)F)c1. The molecule has 2 N–H and O–H groups in total. The molecule has 0 aliphatic rings. The molecule has 0 fully saturated rings. The van der Waals surface area contributed by atoms with E-state index in [2.05, 4.69) is 0 Å². The second-order valence-electron chi connectivity index (χ2n) is 3.14. The molecule has 8 heteroatoms. The van der Waals surface area contributed by atoms with Crippen LogP contribution in [0.2, 0.25) is 0 Å². The smallest absolute Gasteiger partial charge is 0.399 e. The normalized spacial score (nSPS) is 12.6. The first kappa shape index (κ1) is 13.3. The number of benzene rings is 1. The van der Waals surface area contributed by atoms with Crippen LogP contribution in [0.5, 0.6) is 0 Å². The molecule has 0 aromatic heterocycles. The molecule has 2 nitrogen and oxygen atoms in total. The average molecular weight is 257 g/mol. The fourth-order valence-corrected chi connectivity index (χ4v) is 1.27. The van der Waals surface area contributed by atoms with Gasteiger partial charge in [-0.1, -0.05) is 0 Å². The van der Waals surface area contributed by atoms with Gasteiger partial charge < -0.3 is 5.73 Å². The lowest BCUT2D eigenvalue weighted by molar-refractivity contribution is -0.143. The Morgan fingerprint density at radius 1 is 0.941 bits per heavy atom. The van der Waals surface area contributed by atoms with Crippen LogP contribution < -0.4 is 5.73 Å². The summed E-state index contributed by atoms with van der Waals surface area (Å²) < 4.78 is 74.4. The van der Waals surface area contributed by atoms with Crippen molar-refractivity contribution in [1.82, 2.24) is 0 Å². The van der Waals surface area contributed by atoms with E-state index >= 15 is 0 Å². The number of halogens is 6. The van der Waals surface area contributed by atoms with Crippen LogP contribution in [0.4, 0.5) is 32.0 Å².